The molecule has 12 nitrogen and oxygen atoms in total. The molecule has 2 fully saturated rings. The molecule has 242 valence electrons. The minimum absolute atomic E-state index is 0.0729. The van der Waals surface area contributed by atoms with Crippen molar-refractivity contribution in [2.75, 3.05) is 6.54 Å². The maximum atomic E-state index is 14.5. The number of hydrogen-bond acceptors (Lipinski definition) is 8. The Balaban J connectivity index is 1.89. The quantitative estimate of drug-likeness (QED) is 0.156. The molecule has 0 radical (unpaired) electrons. The van der Waals surface area contributed by atoms with E-state index in [1.165, 1.54) is 24.7 Å². The third kappa shape index (κ3) is 8.65. The molecule has 1 saturated carbocycles. The standard InChI is InChI=1S/C31H49BN6O6/c1-6-11-25(32(43)44)35-28(40)24(18-22-12-8-7-9-13-22)38-17-10-14-31(21(4)5,30(38)42)37-29(41)26(20(2)3)36-27(39)23-19-33-15-16-34-23/h6,15-16,19-22,24-26,43-44H,1,7-14,17-18H2,2-5H3,(H,35,40)(H,36,39)(H,37,41)/t24-,25-,26-,31?/m0/s1. The smallest absolute Gasteiger partial charge is 0.426 e. The van der Waals surface area contributed by atoms with Crippen LogP contribution in [0.1, 0.15) is 96.0 Å². The Labute approximate surface area is 261 Å². The van der Waals surface area contributed by atoms with E-state index in [2.05, 4.69) is 32.5 Å². The Morgan fingerprint density at radius 2 is 1.80 bits per heavy atom. The van der Waals surface area contributed by atoms with E-state index in [4.69, 9.17) is 0 Å². The Morgan fingerprint density at radius 3 is 2.36 bits per heavy atom. The molecule has 2 heterocycles. The molecule has 0 spiro atoms. The van der Waals surface area contributed by atoms with Crippen LogP contribution in [0.5, 0.6) is 0 Å². The third-order valence-electron chi connectivity index (χ3n) is 9.04. The van der Waals surface area contributed by atoms with Gasteiger partial charge >= 0.3 is 7.12 Å². The summed E-state index contributed by atoms with van der Waals surface area (Å²) in [4.78, 5) is 64.5. The van der Waals surface area contributed by atoms with Gasteiger partial charge in [-0.1, -0.05) is 65.9 Å². The second-order valence-electron chi connectivity index (χ2n) is 12.8. The molecule has 5 N–H and O–H groups in total. The SMILES string of the molecule is C=CC[C@H](NC(=O)[C@H](CC1CCCCC1)N1CCCC(NC(=O)[C@@H](NC(=O)c2cnccn2)C(C)C)(C(C)C)C1=O)B(O)O. The molecule has 13 heteroatoms. The predicted molar refractivity (Wildman–Crippen MR) is 167 cm³/mol. The summed E-state index contributed by atoms with van der Waals surface area (Å²) in [6.45, 7) is 11.3. The van der Waals surface area contributed by atoms with Crippen LogP contribution in [0.25, 0.3) is 0 Å². The first-order valence-electron chi connectivity index (χ1n) is 15.9. The lowest BCUT2D eigenvalue weighted by molar-refractivity contribution is -0.154. The molecule has 4 atom stereocenters. The van der Waals surface area contributed by atoms with Crippen molar-refractivity contribution < 1.29 is 29.2 Å². The largest absolute Gasteiger partial charge is 0.475 e. The maximum absolute atomic E-state index is 14.5. The highest BCUT2D eigenvalue weighted by atomic mass is 16.4. The molecular formula is C31H49BN6O6. The van der Waals surface area contributed by atoms with Gasteiger partial charge in [0.05, 0.1) is 12.1 Å². The third-order valence-corrected chi connectivity index (χ3v) is 9.04. The number of amides is 4. The summed E-state index contributed by atoms with van der Waals surface area (Å²) < 4.78 is 0. The van der Waals surface area contributed by atoms with Gasteiger partial charge in [0.25, 0.3) is 5.91 Å². The lowest BCUT2D eigenvalue weighted by Gasteiger charge is -2.48. The van der Waals surface area contributed by atoms with Gasteiger partial charge in [0.15, 0.2) is 0 Å². The second-order valence-corrected chi connectivity index (χ2v) is 12.8. The first-order valence-corrected chi connectivity index (χ1v) is 15.9. The van der Waals surface area contributed by atoms with Crippen LogP contribution in [-0.2, 0) is 14.4 Å². The summed E-state index contributed by atoms with van der Waals surface area (Å²) in [6, 6.07) is -1.79. The van der Waals surface area contributed by atoms with Crippen LogP contribution in [0.3, 0.4) is 0 Å². The van der Waals surface area contributed by atoms with Crippen molar-refractivity contribution in [2.24, 2.45) is 17.8 Å². The summed E-state index contributed by atoms with van der Waals surface area (Å²) in [7, 11) is -1.79. The van der Waals surface area contributed by atoms with Gasteiger partial charge in [-0.05, 0) is 43.4 Å². The van der Waals surface area contributed by atoms with Gasteiger partial charge in [-0.25, -0.2) is 4.98 Å². The van der Waals surface area contributed by atoms with Gasteiger partial charge in [-0.15, -0.1) is 6.58 Å². The van der Waals surface area contributed by atoms with Gasteiger partial charge in [0.1, 0.15) is 23.3 Å². The number of likely N-dealkylation sites (tertiary alicyclic amines) is 1. The fourth-order valence-electron chi connectivity index (χ4n) is 6.38. The molecule has 1 aliphatic carbocycles. The Hall–Kier alpha value is -3.32. The summed E-state index contributed by atoms with van der Waals surface area (Å²) in [6.07, 6.45) is 12.4. The zero-order valence-electron chi connectivity index (χ0n) is 26.5. The van der Waals surface area contributed by atoms with Crippen molar-refractivity contribution in [2.45, 2.75) is 109 Å². The number of carbonyl (C=O) groups excluding carboxylic acids is 4. The van der Waals surface area contributed by atoms with Crippen LogP contribution in [0, 0.1) is 17.8 Å². The Bertz CT molecular complexity index is 1150. The van der Waals surface area contributed by atoms with Gasteiger partial charge in [0.2, 0.25) is 17.7 Å². The van der Waals surface area contributed by atoms with E-state index < -0.39 is 48.4 Å². The van der Waals surface area contributed by atoms with Crippen molar-refractivity contribution >= 4 is 30.7 Å². The van der Waals surface area contributed by atoms with Crippen LogP contribution < -0.4 is 16.0 Å². The summed E-state index contributed by atoms with van der Waals surface area (Å²) in [5, 5.41) is 28.3. The highest BCUT2D eigenvalue weighted by Gasteiger charge is 2.51. The maximum Gasteiger partial charge on any atom is 0.475 e. The number of hydrogen-bond donors (Lipinski definition) is 5. The number of aromatic nitrogens is 2. The second kappa shape index (κ2) is 16.1. The number of nitrogens with one attached hydrogen (secondary N) is 3. The minimum Gasteiger partial charge on any atom is -0.426 e. The van der Waals surface area contributed by atoms with Gasteiger partial charge < -0.3 is 30.9 Å². The Morgan fingerprint density at radius 1 is 1.09 bits per heavy atom. The van der Waals surface area contributed by atoms with Crippen molar-refractivity contribution in [1.29, 1.82) is 0 Å². The van der Waals surface area contributed by atoms with E-state index in [0.717, 1.165) is 32.1 Å². The van der Waals surface area contributed by atoms with E-state index >= 15 is 0 Å². The molecule has 1 aliphatic heterocycles. The highest BCUT2D eigenvalue weighted by molar-refractivity contribution is 6.43. The minimum atomic E-state index is -1.79. The zero-order chi connectivity index (χ0) is 32.4. The summed E-state index contributed by atoms with van der Waals surface area (Å²) >= 11 is 0. The molecule has 2 aliphatic rings. The molecule has 3 rings (SSSR count). The van der Waals surface area contributed by atoms with Crippen LogP contribution in [0.15, 0.2) is 31.2 Å². The average Bonchev–Trinajstić information content (AvgIpc) is 3.00. The molecule has 1 saturated heterocycles. The molecule has 1 aromatic rings. The first-order chi connectivity index (χ1) is 20.9. The molecule has 4 amide bonds. The molecular weight excluding hydrogens is 563 g/mol. The van der Waals surface area contributed by atoms with Gasteiger partial charge in [-0.2, -0.15) is 0 Å². The Kier molecular flexibility index (Phi) is 12.9. The molecule has 44 heavy (non-hydrogen) atoms. The van der Waals surface area contributed by atoms with Crippen LogP contribution in [0.4, 0.5) is 0 Å². The first kappa shape index (κ1) is 35.2. The topological polar surface area (TPSA) is 174 Å². The van der Waals surface area contributed by atoms with Crippen LogP contribution in [-0.4, -0.2) is 85.8 Å². The predicted octanol–water partition coefficient (Wildman–Crippen LogP) is 1.78. The van der Waals surface area contributed by atoms with Crippen molar-refractivity contribution in [3.05, 3.63) is 36.9 Å². The number of piperidine rings is 1. The number of nitrogens with zero attached hydrogens (tertiary/aromatic N) is 3. The lowest BCUT2D eigenvalue weighted by Crippen LogP contribution is -2.70. The molecule has 0 bridgehead atoms. The zero-order valence-corrected chi connectivity index (χ0v) is 26.5. The van der Waals surface area contributed by atoms with Crippen LogP contribution in [0.2, 0.25) is 0 Å². The fraction of sp³-hybridized carbons (Fsp3) is 0.677. The van der Waals surface area contributed by atoms with Gasteiger partial charge in [0, 0.05) is 18.9 Å². The number of rotatable bonds is 14. The van der Waals surface area contributed by atoms with Crippen molar-refractivity contribution in [3.63, 3.8) is 0 Å². The monoisotopic (exact) mass is 612 g/mol. The fourth-order valence-corrected chi connectivity index (χ4v) is 6.38. The van der Waals surface area contributed by atoms with E-state index in [-0.39, 0.29) is 35.8 Å². The summed E-state index contributed by atoms with van der Waals surface area (Å²) in [5.41, 5.74) is -1.23. The van der Waals surface area contributed by atoms with Gasteiger partial charge in [-0.3, -0.25) is 24.2 Å². The van der Waals surface area contributed by atoms with E-state index in [1.807, 2.05) is 13.8 Å². The normalized spacial score (nSPS) is 21.4. The van der Waals surface area contributed by atoms with E-state index in [0.29, 0.717) is 25.8 Å². The average molecular weight is 613 g/mol. The molecule has 0 aromatic carbocycles. The van der Waals surface area contributed by atoms with Crippen LogP contribution >= 0.6 is 0 Å². The lowest BCUT2D eigenvalue weighted by atomic mass is 9.75. The summed E-state index contributed by atoms with van der Waals surface area (Å²) in [5.74, 6) is -3.19. The van der Waals surface area contributed by atoms with E-state index in [9.17, 15) is 29.2 Å². The molecule has 1 unspecified atom stereocenters. The number of carbonyl (C=O) groups is 4. The highest BCUT2D eigenvalue weighted by Crippen LogP contribution is 2.35. The van der Waals surface area contributed by atoms with Crippen molar-refractivity contribution in [3.8, 4) is 0 Å². The molecule has 1 aromatic heterocycles. The van der Waals surface area contributed by atoms with E-state index in [1.54, 1.807) is 18.7 Å². The van der Waals surface area contributed by atoms with Crippen molar-refractivity contribution in [1.82, 2.24) is 30.8 Å².